The molecule has 124 valence electrons. The Morgan fingerprint density at radius 2 is 2.00 bits per heavy atom. The van der Waals surface area contributed by atoms with Crippen LogP contribution in [0.1, 0.15) is 16.8 Å². The largest absolute Gasteiger partial charge is 0.454 e. The Morgan fingerprint density at radius 3 is 2.88 bits per heavy atom. The Bertz CT molecular complexity index is 840. The summed E-state index contributed by atoms with van der Waals surface area (Å²) in [5.74, 6) is 2.11. The third-order valence-corrected chi connectivity index (χ3v) is 4.49. The molecule has 2 aromatic rings. The third kappa shape index (κ3) is 3.11. The van der Waals surface area contributed by atoms with Crippen LogP contribution in [0.15, 0.2) is 24.3 Å². The number of fused-ring (bicyclic) bond motifs is 2. The van der Waals surface area contributed by atoms with Crippen molar-refractivity contribution in [1.82, 2.24) is 9.97 Å². The van der Waals surface area contributed by atoms with Gasteiger partial charge in [0.05, 0.1) is 5.69 Å². The quantitative estimate of drug-likeness (QED) is 0.634. The maximum atomic E-state index is 6.22. The van der Waals surface area contributed by atoms with E-state index in [9.17, 15) is 0 Å². The Morgan fingerprint density at radius 1 is 1.17 bits per heavy atom. The highest BCUT2D eigenvalue weighted by Gasteiger charge is 2.29. The second kappa shape index (κ2) is 5.99. The van der Waals surface area contributed by atoms with Crippen molar-refractivity contribution in [3.8, 4) is 11.5 Å². The highest BCUT2D eigenvalue weighted by atomic mass is 35.5. The molecule has 0 fully saturated rings. The van der Waals surface area contributed by atoms with Gasteiger partial charge in [0.1, 0.15) is 10.2 Å². The van der Waals surface area contributed by atoms with Gasteiger partial charge < -0.3 is 14.8 Å². The average Bonchev–Trinajstić information content (AvgIpc) is 3.00. The fraction of sp³-hybridized carbons (Fsp3) is 0.250. The molecule has 0 bridgehead atoms. The zero-order chi connectivity index (χ0) is 16.7. The van der Waals surface area contributed by atoms with Gasteiger partial charge in [0.25, 0.3) is 0 Å². The first kappa shape index (κ1) is 15.8. The van der Waals surface area contributed by atoms with Crippen LogP contribution in [0.25, 0.3) is 6.08 Å². The summed E-state index contributed by atoms with van der Waals surface area (Å²) in [7, 11) is 0. The zero-order valence-electron chi connectivity index (χ0n) is 12.4. The number of ether oxygens (including phenoxy) is 2. The van der Waals surface area contributed by atoms with E-state index in [4.69, 9.17) is 44.3 Å². The van der Waals surface area contributed by atoms with Gasteiger partial charge in [-0.05, 0) is 41.4 Å². The molecule has 24 heavy (non-hydrogen) atoms. The molecule has 0 spiro atoms. The van der Waals surface area contributed by atoms with Crippen LogP contribution in [0.4, 0.5) is 5.82 Å². The molecule has 1 N–H and O–H groups in total. The topological polar surface area (TPSA) is 56.3 Å². The number of rotatable bonds is 3. The zero-order valence-corrected chi connectivity index (χ0v) is 14.6. The summed E-state index contributed by atoms with van der Waals surface area (Å²) in [5.41, 5.74) is 2.59. The van der Waals surface area contributed by atoms with Gasteiger partial charge in [0, 0.05) is 18.5 Å². The van der Waals surface area contributed by atoms with Crippen molar-refractivity contribution in [1.29, 1.82) is 0 Å². The summed E-state index contributed by atoms with van der Waals surface area (Å²) in [6, 6.07) is 5.77. The lowest BCUT2D eigenvalue weighted by atomic mass is 10.0. The van der Waals surface area contributed by atoms with Crippen LogP contribution < -0.4 is 14.8 Å². The van der Waals surface area contributed by atoms with Crippen molar-refractivity contribution in [3.05, 3.63) is 46.4 Å². The van der Waals surface area contributed by atoms with Crippen LogP contribution in [0, 0.1) is 0 Å². The van der Waals surface area contributed by atoms with Gasteiger partial charge in [0.2, 0.25) is 12.1 Å². The van der Waals surface area contributed by atoms with Gasteiger partial charge >= 0.3 is 0 Å². The number of nitrogens with zero attached hydrogens (tertiary/aromatic N) is 2. The summed E-state index contributed by atoms with van der Waals surface area (Å²) < 4.78 is 9.73. The van der Waals surface area contributed by atoms with E-state index in [1.165, 1.54) is 0 Å². The van der Waals surface area contributed by atoms with Crippen LogP contribution in [0.2, 0.25) is 5.28 Å². The molecule has 1 aromatic carbocycles. The molecule has 1 aliphatic heterocycles. The molecule has 0 unspecified atom stereocenters. The van der Waals surface area contributed by atoms with Crippen LogP contribution in [0.5, 0.6) is 11.5 Å². The normalized spacial score (nSPS) is 16.8. The highest BCUT2D eigenvalue weighted by Crippen LogP contribution is 2.37. The Hall–Kier alpha value is -1.69. The molecule has 4 rings (SSSR count). The average molecular weight is 385 g/mol. The van der Waals surface area contributed by atoms with Gasteiger partial charge in [-0.15, -0.1) is 0 Å². The lowest BCUT2D eigenvalue weighted by Gasteiger charge is -2.23. The molecule has 2 heterocycles. The molecular formula is C16H12Cl3N3O2. The van der Waals surface area contributed by atoms with Gasteiger partial charge in [-0.1, -0.05) is 29.3 Å². The molecule has 0 radical (unpaired) electrons. The van der Waals surface area contributed by atoms with E-state index in [0.717, 1.165) is 28.3 Å². The Balaban J connectivity index is 1.59. The number of halogens is 3. The van der Waals surface area contributed by atoms with Crippen LogP contribution in [-0.4, -0.2) is 21.1 Å². The minimum Gasteiger partial charge on any atom is -0.454 e. The van der Waals surface area contributed by atoms with Crippen molar-refractivity contribution < 1.29 is 9.47 Å². The molecule has 0 saturated heterocycles. The second-order valence-electron chi connectivity index (χ2n) is 5.52. The molecule has 8 heteroatoms. The summed E-state index contributed by atoms with van der Waals surface area (Å²) in [4.78, 5) is 8.49. The number of nitrogens with one attached hydrogen (secondary N) is 1. The molecular weight excluding hydrogens is 373 g/mol. The van der Waals surface area contributed by atoms with Crippen molar-refractivity contribution in [2.24, 2.45) is 0 Å². The van der Waals surface area contributed by atoms with Crippen molar-refractivity contribution in [2.45, 2.75) is 17.3 Å². The number of aromatic nitrogens is 2. The third-order valence-electron chi connectivity index (χ3n) is 3.81. The number of benzene rings is 1. The number of anilines is 1. The van der Waals surface area contributed by atoms with E-state index in [1.54, 1.807) is 12.2 Å². The van der Waals surface area contributed by atoms with Gasteiger partial charge in [-0.3, -0.25) is 0 Å². The SMILES string of the molecule is Clc1nc2c(c(NCc3ccc4c(c3)OCO4)n1)CC(Cl)(Cl)C=C2. The lowest BCUT2D eigenvalue weighted by molar-refractivity contribution is 0.174. The predicted molar refractivity (Wildman–Crippen MR) is 94.1 cm³/mol. The van der Waals surface area contributed by atoms with E-state index in [2.05, 4.69) is 15.3 Å². The number of allylic oxidation sites excluding steroid dienone is 1. The Kier molecular flexibility index (Phi) is 3.95. The van der Waals surface area contributed by atoms with E-state index >= 15 is 0 Å². The van der Waals surface area contributed by atoms with Crippen molar-refractivity contribution in [2.75, 3.05) is 12.1 Å². The van der Waals surface area contributed by atoms with E-state index < -0.39 is 4.33 Å². The van der Waals surface area contributed by atoms with Gasteiger partial charge in [-0.2, -0.15) is 0 Å². The van der Waals surface area contributed by atoms with Crippen molar-refractivity contribution >= 4 is 46.7 Å². The standard InChI is InChI=1S/C16H12Cl3N3O2/c17-15-21-11-3-4-16(18,19)6-10(11)14(22-15)20-7-9-1-2-12-13(5-9)24-8-23-12/h1-5H,6-8H2,(H,20,21,22). The van der Waals surface area contributed by atoms with Crippen LogP contribution in [0.3, 0.4) is 0 Å². The van der Waals surface area contributed by atoms with Crippen molar-refractivity contribution in [3.63, 3.8) is 0 Å². The number of hydrogen-bond donors (Lipinski definition) is 1. The molecule has 2 aliphatic rings. The van der Waals surface area contributed by atoms with E-state index in [1.807, 2.05) is 18.2 Å². The first-order chi connectivity index (χ1) is 11.5. The molecule has 1 aromatic heterocycles. The maximum absolute atomic E-state index is 6.22. The molecule has 0 atom stereocenters. The van der Waals surface area contributed by atoms with E-state index in [0.29, 0.717) is 18.8 Å². The fourth-order valence-electron chi connectivity index (χ4n) is 2.66. The fourth-order valence-corrected chi connectivity index (χ4v) is 3.23. The molecule has 1 aliphatic carbocycles. The lowest BCUT2D eigenvalue weighted by Crippen LogP contribution is -2.20. The smallest absolute Gasteiger partial charge is 0.231 e. The maximum Gasteiger partial charge on any atom is 0.231 e. The van der Waals surface area contributed by atoms with Crippen LogP contribution >= 0.6 is 34.8 Å². The second-order valence-corrected chi connectivity index (χ2v) is 7.40. The summed E-state index contributed by atoms with van der Waals surface area (Å²) in [6.45, 7) is 0.790. The minimum atomic E-state index is -0.973. The first-order valence-electron chi connectivity index (χ1n) is 7.26. The van der Waals surface area contributed by atoms with Crippen LogP contribution in [-0.2, 0) is 13.0 Å². The highest BCUT2D eigenvalue weighted by molar-refractivity contribution is 6.50. The van der Waals surface area contributed by atoms with Gasteiger partial charge in [0.15, 0.2) is 11.5 Å². The summed E-state index contributed by atoms with van der Waals surface area (Å²) in [6.07, 6.45) is 3.87. The predicted octanol–water partition coefficient (Wildman–Crippen LogP) is 4.21. The van der Waals surface area contributed by atoms with E-state index in [-0.39, 0.29) is 12.1 Å². The Labute approximate surface area is 153 Å². The van der Waals surface area contributed by atoms with Gasteiger partial charge in [-0.25, -0.2) is 9.97 Å². The molecule has 5 nitrogen and oxygen atoms in total. The first-order valence-corrected chi connectivity index (χ1v) is 8.39. The summed E-state index contributed by atoms with van der Waals surface area (Å²) in [5, 5.41) is 3.45. The summed E-state index contributed by atoms with van der Waals surface area (Å²) >= 11 is 18.5. The number of alkyl halides is 2. The monoisotopic (exact) mass is 383 g/mol. The molecule has 0 saturated carbocycles. The number of hydrogen-bond acceptors (Lipinski definition) is 5. The molecule has 0 amide bonds. The minimum absolute atomic E-state index is 0.170.